The number of carbonyl (C=O) groups is 2. The van der Waals surface area contributed by atoms with Gasteiger partial charge in [0.05, 0.1) is 38.9 Å². The third-order valence-corrected chi connectivity index (χ3v) is 8.43. The lowest BCUT2D eigenvalue weighted by Gasteiger charge is -2.40. The van der Waals surface area contributed by atoms with Crippen molar-refractivity contribution in [3.63, 3.8) is 0 Å². The summed E-state index contributed by atoms with van der Waals surface area (Å²) in [5.41, 5.74) is 2.28. The number of rotatable bonds is 7. The molecule has 1 saturated carbocycles. The normalized spacial score (nSPS) is 26.9. The number of alkyl halides is 1. The third kappa shape index (κ3) is 4.54. The average molecular weight is 526 g/mol. The van der Waals surface area contributed by atoms with Gasteiger partial charge in [0.2, 0.25) is 0 Å². The fourth-order valence-corrected chi connectivity index (χ4v) is 6.01. The smallest absolute Gasteiger partial charge is 0.290 e. The fraction of sp³-hybridized carbons (Fsp3) is 0.448. The van der Waals surface area contributed by atoms with Gasteiger partial charge in [-0.15, -0.1) is 11.6 Å². The van der Waals surface area contributed by atoms with E-state index in [2.05, 4.69) is 6.92 Å². The average Bonchev–Trinajstić information content (AvgIpc) is 3.19. The number of nitrogens with zero attached hydrogens (tertiary/aromatic N) is 1. The molecule has 37 heavy (non-hydrogen) atoms. The Balaban J connectivity index is 1.48. The molecular weight excluding hydrogens is 494 g/mol. The van der Waals surface area contributed by atoms with Crippen LogP contribution in [0.4, 0.5) is 0 Å². The monoisotopic (exact) mass is 525 g/mol. The maximum absolute atomic E-state index is 13.9. The van der Waals surface area contributed by atoms with Crippen molar-refractivity contribution in [3.8, 4) is 17.2 Å². The molecule has 2 aromatic rings. The van der Waals surface area contributed by atoms with Gasteiger partial charge in [-0.2, -0.15) is 0 Å². The maximum atomic E-state index is 13.9. The first-order chi connectivity index (χ1) is 17.9. The SMILES string of the molecule is COc1ccc(C2C3=C(OC4CC(C)C(Cl)CC4C3=O)C(=O)N2CCc2ccc(OC)c(OC)c2)cc1. The van der Waals surface area contributed by atoms with E-state index in [4.69, 9.17) is 30.5 Å². The molecule has 5 rings (SSSR count). The predicted octanol–water partition coefficient (Wildman–Crippen LogP) is 4.71. The van der Waals surface area contributed by atoms with E-state index < -0.39 is 6.04 Å². The summed E-state index contributed by atoms with van der Waals surface area (Å²) < 4.78 is 22.4. The zero-order valence-corrected chi connectivity index (χ0v) is 22.3. The van der Waals surface area contributed by atoms with Gasteiger partial charge >= 0.3 is 0 Å². The molecule has 0 N–H and O–H groups in total. The highest BCUT2D eigenvalue weighted by molar-refractivity contribution is 6.21. The topological polar surface area (TPSA) is 74.3 Å². The summed E-state index contributed by atoms with van der Waals surface area (Å²) in [6.07, 6.45) is 1.47. The fourth-order valence-electron chi connectivity index (χ4n) is 5.71. The second kappa shape index (κ2) is 10.3. The van der Waals surface area contributed by atoms with E-state index in [1.807, 2.05) is 42.5 Å². The van der Waals surface area contributed by atoms with Crippen molar-refractivity contribution < 1.29 is 28.5 Å². The molecule has 2 heterocycles. The highest BCUT2D eigenvalue weighted by Gasteiger charge is 2.53. The van der Waals surface area contributed by atoms with Crippen molar-refractivity contribution in [2.45, 2.75) is 43.7 Å². The molecule has 0 saturated heterocycles. The molecule has 0 aromatic heterocycles. The van der Waals surface area contributed by atoms with E-state index in [1.165, 1.54) is 0 Å². The van der Waals surface area contributed by atoms with Gasteiger partial charge in [-0.05, 0) is 60.6 Å². The summed E-state index contributed by atoms with van der Waals surface area (Å²) in [4.78, 5) is 29.4. The Morgan fingerprint density at radius 3 is 2.38 bits per heavy atom. The maximum Gasteiger partial charge on any atom is 0.290 e. The summed E-state index contributed by atoms with van der Waals surface area (Å²) in [6, 6.07) is 12.7. The zero-order chi connectivity index (χ0) is 26.3. The molecular formula is C29H32ClNO6. The van der Waals surface area contributed by atoms with Crippen molar-refractivity contribution in [2.24, 2.45) is 11.8 Å². The van der Waals surface area contributed by atoms with Crippen LogP contribution in [0.3, 0.4) is 0 Å². The summed E-state index contributed by atoms with van der Waals surface area (Å²) in [6.45, 7) is 2.47. The number of carbonyl (C=O) groups excluding carboxylic acids is 2. The highest BCUT2D eigenvalue weighted by Crippen LogP contribution is 2.48. The summed E-state index contributed by atoms with van der Waals surface area (Å²) >= 11 is 6.57. The molecule has 0 radical (unpaired) electrons. The number of methoxy groups -OCH3 is 3. The lowest BCUT2D eigenvalue weighted by atomic mass is 9.74. The molecule has 5 atom stereocenters. The first-order valence-electron chi connectivity index (χ1n) is 12.6. The van der Waals surface area contributed by atoms with Gasteiger partial charge in [-0.1, -0.05) is 25.1 Å². The number of hydrogen-bond donors (Lipinski definition) is 0. The first-order valence-corrected chi connectivity index (χ1v) is 13.0. The quantitative estimate of drug-likeness (QED) is 0.487. The van der Waals surface area contributed by atoms with Crippen LogP contribution in [0.25, 0.3) is 0 Å². The number of benzene rings is 2. The van der Waals surface area contributed by atoms with Crippen LogP contribution in [0.5, 0.6) is 17.2 Å². The number of halogens is 1. The predicted molar refractivity (Wildman–Crippen MR) is 139 cm³/mol. The van der Waals surface area contributed by atoms with Crippen LogP contribution in [0, 0.1) is 11.8 Å². The minimum Gasteiger partial charge on any atom is -0.497 e. The second-order valence-electron chi connectivity index (χ2n) is 9.95. The molecule has 0 bridgehead atoms. The van der Waals surface area contributed by atoms with Crippen LogP contribution in [0.15, 0.2) is 53.8 Å². The number of ketones is 1. The molecule has 1 fully saturated rings. The van der Waals surface area contributed by atoms with Crippen molar-refractivity contribution in [1.82, 2.24) is 4.90 Å². The minimum atomic E-state index is -0.532. The molecule has 3 aliphatic rings. The van der Waals surface area contributed by atoms with E-state index >= 15 is 0 Å². The Kier molecular flexibility index (Phi) is 7.08. The number of ether oxygens (including phenoxy) is 4. The van der Waals surface area contributed by atoms with Crippen LogP contribution in [-0.2, 0) is 20.7 Å². The summed E-state index contributed by atoms with van der Waals surface area (Å²) in [7, 11) is 4.80. The van der Waals surface area contributed by atoms with Crippen molar-refractivity contribution >= 4 is 23.3 Å². The Labute approximate surface area is 222 Å². The highest BCUT2D eigenvalue weighted by atomic mass is 35.5. The van der Waals surface area contributed by atoms with Gasteiger partial charge in [0, 0.05) is 11.9 Å². The van der Waals surface area contributed by atoms with Crippen LogP contribution in [0.2, 0.25) is 0 Å². The van der Waals surface area contributed by atoms with Gasteiger partial charge in [-0.25, -0.2) is 0 Å². The first kappa shape index (κ1) is 25.5. The van der Waals surface area contributed by atoms with E-state index in [1.54, 1.807) is 26.2 Å². The third-order valence-electron chi connectivity index (χ3n) is 7.83. The van der Waals surface area contributed by atoms with E-state index in [0.29, 0.717) is 48.6 Å². The van der Waals surface area contributed by atoms with Gasteiger partial charge in [-0.3, -0.25) is 9.59 Å². The molecule has 2 aromatic carbocycles. The minimum absolute atomic E-state index is 0.0217. The number of amides is 1. The molecule has 1 aliphatic carbocycles. The zero-order valence-electron chi connectivity index (χ0n) is 21.5. The van der Waals surface area contributed by atoms with Crippen LogP contribution < -0.4 is 14.2 Å². The standard InChI is InChI=1S/C29H32ClNO6/c1-16-13-23-20(15-21(16)30)27(32)25-26(18-6-8-19(34-2)9-7-18)31(29(33)28(25)37-23)12-11-17-5-10-22(35-3)24(14-17)36-4/h5-10,14,16,20-21,23,26H,11-13,15H2,1-4H3. The molecule has 0 spiro atoms. The molecule has 5 unspecified atom stereocenters. The Morgan fingerprint density at radius 2 is 1.70 bits per heavy atom. The lowest BCUT2D eigenvalue weighted by molar-refractivity contribution is -0.136. The Bertz CT molecular complexity index is 1230. The van der Waals surface area contributed by atoms with Crippen LogP contribution in [0.1, 0.15) is 36.9 Å². The van der Waals surface area contributed by atoms with E-state index in [9.17, 15) is 9.59 Å². The molecule has 2 aliphatic heterocycles. The van der Waals surface area contributed by atoms with Crippen molar-refractivity contribution in [3.05, 3.63) is 64.9 Å². The van der Waals surface area contributed by atoms with Gasteiger partial charge < -0.3 is 23.8 Å². The lowest BCUT2D eigenvalue weighted by Crippen LogP contribution is -2.44. The second-order valence-corrected chi connectivity index (χ2v) is 10.5. The number of Topliss-reactive ketones (excluding diaryl/α,β-unsaturated/α-hetero) is 1. The number of hydrogen-bond acceptors (Lipinski definition) is 6. The Hall–Kier alpha value is -3.19. The molecule has 7 nitrogen and oxygen atoms in total. The van der Waals surface area contributed by atoms with Gasteiger partial charge in [0.1, 0.15) is 11.9 Å². The van der Waals surface area contributed by atoms with Crippen molar-refractivity contribution in [1.29, 1.82) is 0 Å². The summed E-state index contributed by atoms with van der Waals surface area (Å²) in [5.74, 6) is 1.78. The van der Waals surface area contributed by atoms with Crippen molar-refractivity contribution in [2.75, 3.05) is 27.9 Å². The number of fused-ring (bicyclic) bond motifs is 1. The van der Waals surface area contributed by atoms with Crippen LogP contribution in [-0.4, -0.2) is 55.9 Å². The van der Waals surface area contributed by atoms with E-state index in [-0.39, 0.29) is 40.8 Å². The molecule has 1 amide bonds. The van der Waals surface area contributed by atoms with Gasteiger partial charge in [0.15, 0.2) is 23.0 Å². The summed E-state index contributed by atoms with van der Waals surface area (Å²) in [5, 5.41) is -0.0892. The van der Waals surface area contributed by atoms with Crippen LogP contribution >= 0.6 is 11.6 Å². The Morgan fingerprint density at radius 1 is 0.973 bits per heavy atom. The largest absolute Gasteiger partial charge is 0.497 e. The molecule has 8 heteroatoms. The van der Waals surface area contributed by atoms with Gasteiger partial charge in [0.25, 0.3) is 5.91 Å². The van der Waals surface area contributed by atoms with E-state index in [0.717, 1.165) is 11.1 Å². The molecule has 196 valence electrons.